The van der Waals surface area contributed by atoms with E-state index in [1.807, 2.05) is 12.1 Å². The summed E-state index contributed by atoms with van der Waals surface area (Å²) in [6, 6.07) is 9.19. The summed E-state index contributed by atoms with van der Waals surface area (Å²) in [5.74, 6) is 0. The van der Waals surface area contributed by atoms with E-state index in [2.05, 4.69) is 19.1 Å². The van der Waals surface area contributed by atoms with Crippen molar-refractivity contribution in [1.29, 1.82) is 0 Å². The number of rotatable bonds is 4. The van der Waals surface area contributed by atoms with Crippen LogP contribution in [0, 0.1) is 13.0 Å². The number of ether oxygens (including phenoxy) is 1. The predicted molar refractivity (Wildman–Crippen MR) is 50.2 cm³/mol. The van der Waals surface area contributed by atoms with Gasteiger partial charge in [0.05, 0.1) is 0 Å². The van der Waals surface area contributed by atoms with Crippen molar-refractivity contribution in [2.45, 2.75) is 19.8 Å². The third kappa shape index (κ3) is 5.30. The van der Waals surface area contributed by atoms with Gasteiger partial charge in [-0.25, -0.2) is 0 Å². The fourth-order valence-electron chi connectivity index (χ4n) is 1.23. The minimum absolute atomic E-state index is 0. The summed E-state index contributed by atoms with van der Waals surface area (Å²) in [7, 11) is 1.74. The van der Waals surface area contributed by atoms with Crippen LogP contribution in [0.2, 0.25) is 0 Å². The largest absolute Gasteiger partial charge is 1.00 e. The maximum Gasteiger partial charge on any atom is 1.00 e. The normalized spacial score (nSPS) is 9.38. The molecule has 0 atom stereocenters. The first-order valence-corrected chi connectivity index (χ1v) is 4.29. The van der Waals surface area contributed by atoms with Crippen LogP contribution in [-0.4, -0.2) is 13.7 Å². The van der Waals surface area contributed by atoms with Crippen LogP contribution in [0.5, 0.6) is 0 Å². The van der Waals surface area contributed by atoms with Gasteiger partial charge in [-0.15, -0.1) is 0 Å². The molecule has 0 amide bonds. The van der Waals surface area contributed by atoms with Gasteiger partial charge in [0.1, 0.15) is 0 Å². The molecule has 13 heavy (non-hydrogen) atoms. The van der Waals surface area contributed by atoms with Crippen molar-refractivity contribution in [2.75, 3.05) is 13.7 Å². The van der Waals surface area contributed by atoms with E-state index in [1.54, 1.807) is 7.11 Å². The Balaban J connectivity index is 0.00000144. The maximum atomic E-state index is 5.00. The zero-order valence-electron chi connectivity index (χ0n) is 8.76. The molecule has 0 bridgehead atoms. The second kappa shape index (κ2) is 8.15. The summed E-state index contributed by atoms with van der Waals surface area (Å²) in [5.41, 5.74) is 2.74. The third-order valence-electron chi connectivity index (χ3n) is 1.98. The SMILES string of the molecule is COCCCc1cc[c-]cc1C.[K+]. The molecule has 0 aliphatic heterocycles. The molecule has 1 rings (SSSR count). The van der Waals surface area contributed by atoms with Gasteiger partial charge in [-0.05, 0) is 12.8 Å². The van der Waals surface area contributed by atoms with Gasteiger partial charge in [-0.1, -0.05) is 6.92 Å². The Bertz CT molecular complexity index is 235. The van der Waals surface area contributed by atoms with Crippen molar-refractivity contribution in [2.24, 2.45) is 0 Å². The Kier molecular flexibility index (Phi) is 8.66. The van der Waals surface area contributed by atoms with E-state index in [9.17, 15) is 0 Å². The van der Waals surface area contributed by atoms with Crippen molar-refractivity contribution in [3.63, 3.8) is 0 Å². The Labute approximate surface area is 123 Å². The van der Waals surface area contributed by atoms with Gasteiger partial charge < -0.3 is 4.74 Å². The van der Waals surface area contributed by atoms with Gasteiger partial charge in [0, 0.05) is 13.7 Å². The first-order chi connectivity index (χ1) is 5.84. The molecule has 66 valence electrons. The van der Waals surface area contributed by atoms with Crippen LogP contribution >= 0.6 is 0 Å². The molecule has 0 aromatic heterocycles. The van der Waals surface area contributed by atoms with Crippen molar-refractivity contribution >= 4 is 0 Å². The topological polar surface area (TPSA) is 9.23 Å². The zero-order chi connectivity index (χ0) is 8.81. The van der Waals surface area contributed by atoms with Crippen molar-refractivity contribution in [3.05, 3.63) is 35.4 Å². The molecule has 1 aromatic rings. The summed E-state index contributed by atoms with van der Waals surface area (Å²) in [6.45, 7) is 2.97. The van der Waals surface area contributed by atoms with Crippen molar-refractivity contribution in [1.82, 2.24) is 0 Å². The van der Waals surface area contributed by atoms with E-state index in [0.29, 0.717) is 0 Å². The van der Waals surface area contributed by atoms with Crippen molar-refractivity contribution in [3.8, 4) is 0 Å². The third-order valence-corrected chi connectivity index (χ3v) is 1.98. The van der Waals surface area contributed by atoms with Crippen LogP contribution < -0.4 is 51.4 Å². The molecule has 0 unspecified atom stereocenters. The molecule has 0 aliphatic carbocycles. The molecule has 0 N–H and O–H groups in total. The van der Waals surface area contributed by atoms with Crippen LogP contribution in [0.1, 0.15) is 17.5 Å². The van der Waals surface area contributed by atoms with Gasteiger partial charge in [0.2, 0.25) is 0 Å². The molecule has 1 nitrogen and oxygen atoms in total. The first-order valence-electron chi connectivity index (χ1n) is 4.29. The van der Waals surface area contributed by atoms with E-state index in [4.69, 9.17) is 4.74 Å². The predicted octanol–water partition coefficient (Wildman–Crippen LogP) is -0.622. The Hall–Kier alpha value is 0.816. The number of hydrogen-bond acceptors (Lipinski definition) is 1. The smallest absolute Gasteiger partial charge is 0.385 e. The standard InChI is InChI=1S/C11H15O.K/c1-10-6-3-4-7-11(10)8-5-9-12-2;/h4,6-7H,5,8-9H2,1-2H3;/q-1;+1. The second-order valence-corrected chi connectivity index (χ2v) is 2.95. The number of benzene rings is 1. The first kappa shape index (κ1) is 13.8. The van der Waals surface area contributed by atoms with Gasteiger partial charge in [-0.2, -0.15) is 35.4 Å². The molecule has 1 aromatic carbocycles. The molecule has 2 heteroatoms. The van der Waals surface area contributed by atoms with Crippen LogP contribution in [0.25, 0.3) is 0 Å². The van der Waals surface area contributed by atoms with Gasteiger partial charge >= 0.3 is 51.4 Å². The summed E-state index contributed by atoms with van der Waals surface area (Å²) < 4.78 is 5.00. The molecule has 0 saturated heterocycles. The van der Waals surface area contributed by atoms with Gasteiger partial charge in [0.15, 0.2) is 0 Å². The fourth-order valence-corrected chi connectivity index (χ4v) is 1.23. The van der Waals surface area contributed by atoms with Crippen LogP contribution in [0.3, 0.4) is 0 Å². The minimum Gasteiger partial charge on any atom is -0.385 e. The van der Waals surface area contributed by atoms with E-state index in [0.717, 1.165) is 19.4 Å². The monoisotopic (exact) mass is 202 g/mol. The van der Waals surface area contributed by atoms with E-state index < -0.39 is 0 Å². The summed E-state index contributed by atoms with van der Waals surface area (Å²) in [6.07, 6.45) is 2.20. The average Bonchev–Trinajstić information content (AvgIpc) is 2.09. The maximum absolute atomic E-state index is 5.00. The molecule has 0 aliphatic rings. The molecule has 0 saturated carbocycles. The van der Waals surface area contributed by atoms with Crippen molar-refractivity contribution < 1.29 is 56.1 Å². The molecular formula is C11H15KO. The summed E-state index contributed by atoms with van der Waals surface area (Å²) >= 11 is 0. The number of methoxy groups -OCH3 is 1. The number of aryl methyl sites for hydroxylation is 2. The van der Waals surface area contributed by atoms with Crippen LogP contribution in [0.15, 0.2) is 18.2 Å². The Morgan fingerprint density at radius 3 is 2.85 bits per heavy atom. The second-order valence-electron chi connectivity index (χ2n) is 2.95. The minimum atomic E-state index is 0. The van der Waals surface area contributed by atoms with Crippen LogP contribution in [-0.2, 0) is 11.2 Å². The molecular weight excluding hydrogens is 187 g/mol. The van der Waals surface area contributed by atoms with E-state index in [1.165, 1.54) is 11.1 Å². The molecule has 0 spiro atoms. The molecule has 0 fully saturated rings. The zero-order valence-corrected chi connectivity index (χ0v) is 11.9. The van der Waals surface area contributed by atoms with Crippen LogP contribution in [0.4, 0.5) is 0 Å². The Morgan fingerprint density at radius 2 is 2.23 bits per heavy atom. The van der Waals surface area contributed by atoms with E-state index >= 15 is 0 Å². The quantitative estimate of drug-likeness (QED) is 0.359. The molecule has 0 radical (unpaired) electrons. The summed E-state index contributed by atoms with van der Waals surface area (Å²) in [5, 5.41) is 0. The fraction of sp³-hybridized carbons (Fsp3) is 0.455. The van der Waals surface area contributed by atoms with Gasteiger partial charge in [-0.3, -0.25) is 0 Å². The Morgan fingerprint density at radius 1 is 1.46 bits per heavy atom. The van der Waals surface area contributed by atoms with E-state index in [-0.39, 0.29) is 51.4 Å². The average molecular weight is 202 g/mol. The molecule has 0 heterocycles. The summed E-state index contributed by atoms with van der Waals surface area (Å²) in [4.78, 5) is 0. The van der Waals surface area contributed by atoms with Gasteiger partial charge in [0.25, 0.3) is 0 Å². The number of hydrogen-bond donors (Lipinski definition) is 0.